The van der Waals surface area contributed by atoms with Crippen molar-refractivity contribution in [1.29, 1.82) is 0 Å². The minimum atomic E-state index is -0.290. The number of hydrogen-bond acceptors (Lipinski definition) is 3. The van der Waals surface area contributed by atoms with E-state index in [0.717, 1.165) is 5.56 Å². The molecule has 0 unspecified atom stereocenters. The van der Waals surface area contributed by atoms with Gasteiger partial charge >= 0.3 is 0 Å². The summed E-state index contributed by atoms with van der Waals surface area (Å²) in [5.41, 5.74) is 1.12. The summed E-state index contributed by atoms with van der Waals surface area (Å²) in [6, 6.07) is 4.85. The van der Waals surface area contributed by atoms with Gasteiger partial charge in [0.1, 0.15) is 5.82 Å². The van der Waals surface area contributed by atoms with Gasteiger partial charge in [-0.3, -0.25) is 9.79 Å². The van der Waals surface area contributed by atoms with E-state index in [1.165, 1.54) is 13.2 Å². The van der Waals surface area contributed by atoms with Gasteiger partial charge in [0, 0.05) is 31.8 Å². The smallest absolute Gasteiger partial charge is 0.239 e. The number of methoxy groups -OCH3 is 1. The van der Waals surface area contributed by atoms with Crippen molar-refractivity contribution in [1.82, 2.24) is 16.0 Å². The van der Waals surface area contributed by atoms with Crippen molar-refractivity contribution >= 4 is 11.9 Å². The molecule has 24 heavy (non-hydrogen) atoms. The second-order valence-electron chi connectivity index (χ2n) is 6.44. The number of halogens is 1. The lowest BCUT2D eigenvalue weighted by Crippen LogP contribution is -2.48. The van der Waals surface area contributed by atoms with Crippen molar-refractivity contribution in [3.8, 4) is 0 Å². The minimum Gasteiger partial charge on any atom is -0.380 e. The molecule has 0 aliphatic carbocycles. The maximum absolute atomic E-state index is 13.6. The third-order valence-corrected chi connectivity index (χ3v) is 3.02. The predicted octanol–water partition coefficient (Wildman–Crippen LogP) is 1.55. The summed E-state index contributed by atoms with van der Waals surface area (Å²) < 4.78 is 18.6. The summed E-state index contributed by atoms with van der Waals surface area (Å²) in [5.74, 6) is 0.0910. The highest BCUT2D eigenvalue weighted by molar-refractivity contribution is 5.86. The maximum Gasteiger partial charge on any atom is 0.239 e. The van der Waals surface area contributed by atoms with Crippen LogP contribution in [0.2, 0.25) is 0 Å². The van der Waals surface area contributed by atoms with Crippen LogP contribution in [0.5, 0.6) is 0 Å². The van der Waals surface area contributed by atoms with Crippen molar-refractivity contribution in [2.75, 3.05) is 20.7 Å². The van der Waals surface area contributed by atoms with E-state index in [1.807, 2.05) is 20.8 Å². The summed E-state index contributed by atoms with van der Waals surface area (Å²) in [6.07, 6.45) is 0. The molecule has 1 amide bonds. The predicted molar refractivity (Wildman–Crippen MR) is 93.2 cm³/mol. The van der Waals surface area contributed by atoms with Gasteiger partial charge in [-0.25, -0.2) is 4.39 Å². The number of carbonyl (C=O) groups excluding carboxylic acids is 1. The van der Waals surface area contributed by atoms with E-state index in [1.54, 1.807) is 19.2 Å². The van der Waals surface area contributed by atoms with Crippen molar-refractivity contribution in [3.05, 3.63) is 35.1 Å². The monoisotopic (exact) mass is 338 g/mol. The van der Waals surface area contributed by atoms with Crippen LogP contribution in [0.1, 0.15) is 31.9 Å². The van der Waals surface area contributed by atoms with Crippen LogP contribution in [-0.4, -0.2) is 38.1 Å². The molecule has 1 rings (SSSR count). The zero-order valence-electron chi connectivity index (χ0n) is 15.0. The molecule has 0 heterocycles. The average Bonchev–Trinajstić information content (AvgIpc) is 2.49. The Morgan fingerprint density at radius 1 is 1.29 bits per heavy atom. The molecule has 0 aromatic heterocycles. The van der Waals surface area contributed by atoms with Crippen molar-refractivity contribution in [2.24, 2.45) is 4.99 Å². The molecule has 0 saturated carbocycles. The van der Waals surface area contributed by atoms with Gasteiger partial charge in [0.25, 0.3) is 0 Å². The molecular weight excluding hydrogens is 311 g/mol. The molecule has 0 atom stereocenters. The Bertz CT molecular complexity index is 582. The molecule has 6 nitrogen and oxygen atoms in total. The normalized spacial score (nSPS) is 12.0. The Morgan fingerprint density at radius 3 is 2.58 bits per heavy atom. The number of rotatable bonds is 6. The summed E-state index contributed by atoms with van der Waals surface area (Å²) in [6.45, 7) is 6.56. The number of nitrogens with one attached hydrogen (secondary N) is 3. The molecule has 0 fully saturated rings. The van der Waals surface area contributed by atoms with Gasteiger partial charge in [-0.05, 0) is 38.5 Å². The fraction of sp³-hybridized carbons (Fsp3) is 0.529. The van der Waals surface area contributed by atoms with Gasteiger partial charge in [0.15, 0.2) is 5.96 Å². The SMILES string of the molecule is CN=C(NCC(=O)NC(C)(C)C)NCc1ccc(F)c(COC)c1. The quantitative estimate of drug-likeness (QED) is 0.543. The Balaban J connectivity index is 2.52. The third kappa shape index (κ3) is 7.41. The Labute approximate surface area is 142 Å². The van der Waals surface area contributed by atoms with Crippen LogP contribution < -0.4 is 16.0 Å². The van der Waals surface area contributed by atoms with Gasteiger partial charge < -0.3 is 20.7 Å². The number of carbonyl (C=O) groups is 1. The lowest BCUT2D eigenvalue weighted by atomic mass is 10.1. The number of aliphatic imine (C=N–C) groups is 1. The number of amides is 1. The standard InChI is InChI=1S/C17H27FN4O2/c1-17(2,3)22-15(23)10-21-16(19-4)20-9-12-6-7-14(18)13(8-12)11-24-5/h6-8H,9-11H2,1-5H3,(H,22,23)(H2,19,20,21). The first-order chi connectivity index (χ1) is 11.2. The van der Waals surface area contributed by atoms with E-state index in [-0.39, 0.29) is 30.4 Å². The molecule has 0 aliphatic heterocycles. The van der Waals surface area contributed by atoms with Crippen molar-refractivity contribution in [2.45, 2.75) is 39.5 Å². The first kappa shape index (κ1) is 19.9. The van der Waals surface area contributed by atoms with Crippen molar-refractivity contribution < 1.29 is 13.9 Å². The van der Waals surface area contributed by atoms with Crippen LogP contribution in [0.3, 0.4) is 0 Å². The Morgan fingerprint density at radius 2 is 2.00 bits per heavy atom. The topological polar surface area (TPSA) is 74.8 Å². The van der Waals surface area contributed by atoms with Crippen LogP contribution in [0.25, 0.3) is 0 Å². The molecule has 3 N–H and O–H groups in total. The molecule has 0 radical (unpaired) electrons. The minimum absolute atomic E-state index is 0.116. The van der Waals surface area contributed by atoms with Crippen LogP contribution >= 0.6 is 0 Å². The molecule has 0 spiro atoms. The fourth-order valence-corrected chi connectivity index (χ4v) is 2.04. The second kappa shape index (κ2) is 9.22. The van der Waals surface area contributed by atoms with Crippen LogP contribution in [0, 0.1) is 5.82 Å². The molecule has 0 aliphatic rings. The van der Waals surface area contributed by atoms with Gasteiger partial charge in [-0.2, -0.15) is 0 Å². The zero-order chi connectivity index (χ0) is 18.2. The molecule has 1 aromatic rings. The highest BCUT2D eigenvalue weighted by Crippen LogP contribution is 2.11. The number of guanidine groups is 1. The average molecular weight is 338 g/mol. The number of nitrogens with zero attached hydrogens (tertiary/aromatic N) is 1. The maximum atomic E-state index is 13.6. The lowest BCUT2D eigenvalue weighted by Gasteiger charge is -2.21. The molecule has 7 heteroatoms. The first-order valence-corrected chi connectivity index (χ1v) is 7.77. The molecule has 134 valence electrons. The van der Waals surface area contributed by atoms with E-state index >= 15 is 0 Å². The fourth-order valence-electron chi connectivity index (χ4n) is 2.04. The van der Waals surface area contributed by atoms with Gasteiger partial charge in [0.2, 0.25) is 5.91 Å². The highest BCUT2D eigenvalue weighted by Gasteiger charge is 2.13. The van der Waals surface area contributed by atoms with Crippen LogP contribution in [-0.2, 0) is 22.7 Å². The summed E-state index contributed by atoms with van der Waals surface area (Å²) in [4.78, 5) is 15.9. The largest absolute Gasteiger partial charge is 0.380 e. The summed E-state index contributed by atoms with van der Waals surface area (Å²) >= 11 is 0. The van der Waals surface area contributed by atoms with Gasteiger partial charge in [-0.15, -0.1) is 0 Å². The van der Waals surface area contributed by atoms with Gasteiger partial charge in [0.05, 0.1) is 13.2 Å². The number of benzene rings is 1. The zero-order valence-corrected chi connectivity index (χ0v) is 15.0. The lowest BCUT2D eigenvalue weighted by molar-refractivity contribution is -0.121. The number of hydrogen-bond donors (Lipinski definition) is 3. The van der Waals surface area contributed by atoms with Crippen LogP contribution in [0.15, 0.2) is 23.2 Å². The van der Waals surface area contributed by atoms with E-state index < -0.39 is 0 Å². The molecule has 0 saturated heterocycles. The third-order valence-electron chi connectivity index (χ3n) is 3.02. The molecule has 0 bridgehead atoms. The first-order valence-electron chi connectivity index (χ1n) is 7.77. The molecule has 1 aromatic carbocycles. The van der Waals surface area contributed by atoms with Gasteiger partial charge in [-0.1, -0.05) is 6.07 Å². The van der Waals surface area contributed by atoms with E-state index in [2.05, 4.69) is 20.9 Å². The molecular formula is C17H27FN4O2. The van der Waals surface area contributed by atoms with E-state index in [4.69, 9.17) is 4.74 Å². The van der Waals surface area contributed by atoms with E-state index in [0.29, 0.717) is 18.1 Å². The second-order valence-corrected chi connectivity index (χ2v) is 6.44. The Kier molecular flexibility index (Phi) is 7.64. The highest BCUT2D eigenvalue weighted by atomic mass is 19.1. The van der Waals surface area contributed by atoms with Crippen molar-refractivity contribution in [3.63, 3.8) is 0 Å². The Hall–Kier alpha value is -2.15. The summed E-state index contributed by atoms with van der Waals surface area (Å²) in [7, 11) is 3.15. The summed E-state index contributed by atoms with van der Waals surface area (Å²) in [5, 5.41) is 8.89. The number of ether oxygens (including phenoxy) is 1. The van der Waals surface area contributed by atoms with Crippen LogP contribution in [0.4, 0.5) is 4.39 Å². The van der Waals surface area contributed by atoms with E-state index in [9.17, 15) is 9.18 Å².